The number of carbonyl (C=O) groups excluding carboxylic acids is 2. The maximum Gasteiger partial charge on any atom is 0.324 e. The van der Waals surface area contributed by atoms with Crippen molar-refractivity contribution < 1.29 is 9.59 Å². The molecule has 1 saturated heterocycles. The monoisotopic (exact) mass is 266 g/mol. The quantitative estimate of drug-likeness (QED) is 0.650. The SMILES string of the molecule is NCCCCc1cn(CC(=O)N2CCNC2=O)nn1. The minimum absolute atomic E-state index is 0.0390. The van der Waals surface area contributed by atoms with Gasteiger partial charge >= 0.3 is 6.03 Å². The molecular formula is C11H18N6O2. The molecule has 1 fully saturated rings. The lowest BCUT2D eigenvalue weighted by Gasteiger charge is -2.11. The first kappa shape index (κ1) is 13.5. The van der Waals surface area contributed by atoms with Gasteiger partial charge in [0.05, 0.1) is 5.69 Å². The number of carbonyl (C=O) groups is 2. The summed E-state index contributed by atoms with van der Waals surface area (Å²) in [6.07, 6.45) is 4.44. The highest BCUT2D eigenvalue weighted by Crippen LogP contribution is 2.03. The van der Waals surface area contributed by atoms with Gasteiger partial charge in [-0.2, -0.15) is 0 Å². The summed E-state index contributed by atoms with van der Waals surface area (Å²) in [5.74, 6) is -0.270. The van der Waals surface area contributed by atoms with Crippen LogP contribution in [0, 0.1) is 0 Å². The number of aryl methyl sites for hydroxylation is 1. The van der Waals surface area contributed by atoms with Gasteiger partial charge in [0, 0.05) is 19.3 Å². The Labute approximate surface area is 110 Å². The Bertz CT molecular complexity index is 458. The van der Waals surface area contributed by atoms with Crippen LogP contribution in [0.2, 0.25) is 0 Å². The van der Waals surface area contributed by atoms with Gasteiger partial charge in [-0.3, -0.25) is 9.69 Å². The van der Waals surface area contributed by atoms with Gasteiger partial charge in [-0.25, -0.2) is 9.48 Å². The third-order valence-corrected chi connectivity index (χ3v) is 2.93. The van der Waals surface area contributed by atoms with Crippen molar-refractivity contribution in [3.8, 4) is 0 Å². The van der Waals surface area contributed by atoms with Gasteiger partial charge in [0.2, 0.25) is 0 Å². The van der Waals surface area contributed by atoms with E-state index in [-0.39, 0.29) is 18.5 Å². The maximum atomic E-state index is 11.9. The number of imide groups is 1. The van der Waals surface area contributed by atoms with Crippen LogP contribution in [-0.2, 0) is 17.8 Å². The Hall–Kier alpha value is -1.96. The highest BCUT2D eigenvalue weighted by molar-refractivity contribution is 5.95. The molecule has 0 aromatic carbocycles. The fraction of sp³-hybridized carbons (Fsp3) is 0.636. The Kier molecular flexibility index (Phi) is 4.45. The fourth-order valence-electron chi connectivity index (χ4n) is 1.91. The predicted octanol–water partition coefficient (Wildman–Crippen LogP) is -0.889. The number of hydrogen-bond acceptors (Lipinski definition) is 5. The van der Waals surface area contributed by atoms with E-state index in [1.807, 2.05) is 0 Å². The Morgan fingerprint density at radius 2 is 2.32 bits per heavy atom. The zero-order chi connectivity index (χ0) is 13.7. The lowest BCUT2D eigenvalue weighted by molar-refractivity contribution is -0.128. The molecule has 0 saturated carbocycles. The van der Waals surface area contributed by atoms with E-state index in [1.54, 1.807) is 6.20 Å². The third-order valence-electron chi connectivity index (χ3n) is 2.93. The first-order valence-corrected chi connectivity index (χ1v) is 6.38. The summed E-state index contributed by atoms with van der Waals surface area (Å²) in [7, 11) is 0. The molecule has 0 radical (unpaired) electrons. The first-order valence-electron chi connectivity index (χ1n) is 6.38. The lowest BCUT2D eigenvalue weighted by Crippen LogP contribution is -2.36. The van der Waals surface area contributed by atoms with Crippen LogP contribution in [-0.4, -0.2) is 51.5 Å². The molecule has 8 nitrogen and oxygen atoms in total. The van der Waals surface area contributed by atoms with E-state index >= 15 is 0 Å². The van der Waals surface area contributed by atoms with Gasteiger partial charge in [0.15, 0.2) is 0 Å². The molecule has 19 heavy (non-hydrogen) atoms. The number of amides is 3. The summed E-state index contributed by atoms with van der Waals surface area (Å²) in [4.78, 5) is 24.4. The van der Waals surface area contributed by atoms with Crippen LogP contribution in [0.15, 0.2) is 6.20 Å². The molecule has 1 aromatic heterocycles. The second-order valence-corrected chi connectivity index (χ2v) is 4.43. The number of aromatic nitrogens is 3. The highest BCUT2D eigenvalue weighted by Gasteiger charge is 2.26. The molecule has 0 atom stereocenters. The van der Waals surface area contributed by atoms with E-state index in [4.69, 9.17) is 5.73 Å². The maximum absolute atomic E-state index is 11.9. The molecule has 3 amide bonds. The number of nitrogens with zero attached hydrogens (tertiary/aromatic N) is 4. The molecule has 1 aromatic rings. The topological polar surface area (TPSA) is 106 Å². The summed E-state index contributed by atoms with van der Waals surface area (Å²) in [5.41, 5.74) is 6.26. The largest absolute Gasteiger partial charge is 0.336 e. The number of nitrogens with two attached hydrogens (primary N) is 1. The zero-order valence-corrected chi connectivity index (χ0v) is 10.7. The molecule has 104 valence electrons. The van der Waals surface area contributed by atoms with Crippen LogP contribution in [0.1, 0.15) is 18.5 Å². The molecular weight excluding hydrogens is 248 g/mol. The normalized spacial score (nSPS) is 14.8. The van der Waals surface area contributed by atoms with E-state index in [0.717, 1.165) is 25.0 Å². The van der Waals surface area contributed by atoms with Gasteiger partial charge in [0.1, 0.15) is 6.54 Å². The number of rotatable bonds is 6. The van der Waals surface area contributed by atoms with Gasteiger partial charge in [-0.05, 0) is 25.8 Å². The van der Waals surface area contributed by atoms with E-state index < -0.39 is 0 Å². The van der Waals surface area contributed by atoms with Gasteiger partial charge < -0.3 is 11.1 Å². The first-order chi connectivity index (χ1) is 9.20. The summed E-state index contributed by atoms with van der Waals surface area (Å²) in [5, 5.41) is 10.5. The summed E-state index contributed by atoms with van der Waals surface area (Å²) >= 11 is 0. The zero-order valence-electron chi connectivity index (χ0n) is 10.7. The van der Waals surface area contributed by atoms with Crippen molar-refractivity contribution in [3.05, 3.63) is 11.9 Å². The van der Waals surface area contributed by atoms with Crippen molar-refractivity contribution in [1.29, 1.82) is 0 Å². The minimum Gasteiger partial charge on any atom is -0.336 e. The molecule has 0 spiro atoms. The van der Waals surface area contributed by atoms with Gasteiger partial charge in [-0.15, -0.1) is 5.10 Å². The number of nitrogens with one attached hydrogen (secondary N) is 1. The molecule has 0 bridgehead atoms. The lowest BCUT2D eigenvalue weighted by atomic mass is 10.2. The van der Waals surface area contributed by atoms with Crippen LogP contribution in [0.3, 0.4) is 0 Å². The number of hydrogen-bond donors (Lipinski definition) is 2. The molecule has 8 heteroatoms. The molecule has 1 aliphatic heterocycles. The summed E-state index contributed by atoms with van der Waals surface area (Å²) < 4.78 is 1.46. The van der Waals surface area contributed by atoms with Crippen molar-refractivity contribution >= 4 is 11.9 Å². The second kappa shape index (κ2) is 6.28. The van der Waals surface area contributed by atoms with Crippen LogP contribution < -0.4 is 11.1 Å². The standard InChI is InChI=1S/C11H18N6O2/c12-4-2-1-3-9-7-16(15-14-9)8-10(18)17-6-5-13-11(17)19/h7H,1-6,8,12H2,(H,13,19). The van der Waals surface area contributed by atoms with Crippen molar-refractivity contribution in [2.24, 2.45) is 5.73 Å². The third kappa shape index (κ3) is 3.50. The van der Waals surface area contributed by atoms with E-state index in [1.165, 1.54) is 9.58 Å². The average Bonchev–Trinajstić information content (AvgIpc) is 2.99. The average molecular weight is 266 g/mol. The molecule has 1 aliphatic rings. The van der Waals surface area contributed by atoms with E-state index in [2.05, 4.69) is 15.6 Å². The van der Waals surface area contributed by atoms with Crippen molar-refractivity contribution in [2.45, 2.75) is 25.8 Å². The molecule has 0 unspecified atom stereocenters. The van der Waals surface area contributed by atoms with Crippen LogP contribution in [0.5, 0.6) is 0 Å². The van der Waals surface area contributed by atoms with Gasteiger partial charge in [-0.1, -0.05) is 5.21 Å². The predicted molar refractivity (Wildman–Crippen MR) is 67.1 cm³/mol. The van der Waals surface area contributed by atoms with Gasteiger partial charge in [0.25, 0.3) is 5.91 Å². The van der Waals surface area contributed by atoms with Crippen molar-refractivity contribution in [2.75, 3.05) is 19.6 Å². The molecule has 2 rings (SSSR count). The van der Waals surface area contributed by atoms with E-state index in [0.29, 0.717) is 19.6 Å². The molecule has 2 heterocycles. The van der Waals surface area contributed by atoms with Crippen LogP contribution >= 0.6 is 0 Å². The van der Waals surface area contributed by atoms with Crippen molar-refractivity contribution in [1.82, 2.24) is 25.2 Å². The number of urea groups is 1. The van der Waals surface area contributed by atoms with Crippen molar-refractivity contribution in [3.63, 3.8) is 0 Å². The molecule has 3 N–H and O–H groups in total. The minimum atomic E-state index is -0.340. The molecule has 0 aliphatic carbocycles. The smallest absolute Gasteiger partial charge is 0.324 e. The number of unbranched alkanes of at least 4 members (excludes halogenated alkanes) is 1. The summed E-state index contributed by atoms with van der Waals surface area (Å²) in [6, 6.07) is -0.340. The summed E-state index contributed by atoms with van der Waals surface area (Å²) in [6.45, 7) is 1.62. The van der Waals surface area contributed by atoms with Crippen LogP contribution in [0.25, 0.3) is 0 Å². The Morgan fingerprint density at radius 1 is 1.47 bits per heavy atom. The fourth-order valence-corrected chi connectivity index (χ4v) is 1.91. The Morgan fingerprint density at radius 3 is 3.00 bits per heavy atom. The van der Waals surface area contributed by atoms with Crippen LogP contribution in [0.4, 0.5) is 4.79 Å². The highest BCUT2D eigenvalue weighted by atomic mass is 16.2. The Balaban J connectivity index is 1.85. The van der Waals surface area contributed by atoms with E-state index in [9.17, 15) is 9.59 Å². The second-order valence-electron chi connectivity index (χ2n) is 4.43.